The Bertz CT molecular complexity index is 69.4. The van der Waals surface area contributed by atoms with E-state index in [0.717, 1.165) is 0 Å². The maximum Gasteiger partial charge on any atom is 0.179 e. The van der Waals surface area contributed by atoms with Crippen LogP contribution in [-0.2, 0) is 26.2 Å². The van der Waals surface area contributed by atoms with Crippen LogP contribution in [0.2, 0.25) is 19.6 Å². The van der Waals surface area contributed by atoms with E-state index in [2.05, 4.69) is 0 Å². The molecule has 0 spiro atoms. The average molecular weight is 292 g/mol. The van der Waals surface area contributed by atoms with Crippen LogP contribution in [0.3, 0.4) is 0 Å². The Balaban J connectivity index is -0.0000000267. The van der Waals surface area contributed by atoms with Gasteiger partial charge in [-0.25, -0.2) is 0 Å². The molecule has 0 aromatic rings. The van der Waals surface area contributed by atoms with Gasteiger partial charge in [-0.3, -0.25) is 0 Å². The van der Waals surface area contributed by atoms with Crippen LogP contribution in [0.25, 0.3) is 0 Å². The summed E-state index contributed by atoms with van der Waals surface area (Å²) >= 11 is 0. The number of hydrogen-bond acceptors (Lipinski definition) is 2. The van der Waals surface area contributed by atoms with Crippen molar-refractivity contribution >= 4 is 8.32 Å². The van der Waals surface area contributed by atoms with Crippen molar-refractivity contribution in [3.8, 4) is 0 Å². The van der Waals surface area contributed by atoms with Gasteiger partial charge in [-0.15, -0.1) is 0 Å². The normalized spacial score (nSPS) is 8.31. The molecule has 0 aliphatic heterocycles. The molecule has 0 aromatic carbocycles. The van der Waals surface area contributed by atoms with E-state index in [1.165, 1.54) is 0 Å². The summed E-state index contributed by atoms with van der Waals surface area (Å²) in [6, 6.07) is 0. The summed E-state index contributed by atoms with van der Waals surface area (Å²) in [6.45, 7) is 9.90. The summed E-state index contributed by atoms with van der Waals surface area (Å²) in [5.74, 6) is 0.440. The van der Waals surface area contributed by atoms with Crippen molar-refractivity contribution in [1.29, 1.82) is 0 Å². The number of hydrogen-bond donors (Lipinski definition) is 2. The molecule has 0 aliphatic rings. The summed E-state index contributed by atoms with van der Waals surface area (Å²) in [4.78, 5) is 8.66. The first-order valence-electron chi connectivity index (χ1n) is 3.60. The van der Waals surface area contributed by atoms with Crippen molar-refractivity contribution in [3.63, 3.8) is 0 Å². The first-order valence-corrected chi connectivity index (χ1v) is 7.05. The topological polar surface area (TPSA) is 103 Å². The predicted molar refractivity (Wildman–Crippen MR) is 54.7 cm³/mol. The minimum atomic E-state index is -1.61. The second kappa shape index (κ2) is 15.4. The van der Waals surface area contributed by atoms with E-state index in [-0.39, 0.29) is 37.2 Å². The monoisotopic (exact) mass is 290 g/mol. The summed E-state index contributed by atoms with van der Waals surface area (Å²) in [6.07, 6.45) is 0. The number of aliphatic hydroxyl groups excluding tert-OH is 1. The molecular formula is C7H24O4SiZr. The molecule has 0 radical (unpaired) electrons. The fourth-order valence-corrected chi connectivity index (χ4v) is 0. The third kappa shape index (κ3) is 179. The zero-order valence-corrected chi connectivity index (χ0v) is 12.6. The molecule has 0 fully saturated rings. The van der Waals surface area contributed by atoms with E-state index in [1.807, 2.05) is 33.5 Å². The van der Waals surface area contributed by atoms with Crippen molar-refractivity contribution in [1.82, 2.24) is 0 Å². The first kappa shape index (κ1) is 29.2. The van der Waals surface area contributed by atoms with Gasteiger partial charge in [-0.1, -0.05) is 13.8 Å². The third-order valence-corrected chi connectivity index (χ3v) is 0.365. The van der Waals surface area contributed by atoms with Crippen LogP contribution in [-0.4, -0.2) is 35.8 Å². The van der Waals surface area contributed by atoms with Crippen LogP contribution in [0.15, 0.2) is 0 Å². The second-order valence-electron chi connectivity index (χ2n) is 3.75. The molecule has 0 bridgehead atoms. The third-order valence-electron chi connectivity index (χ3n) is 0.365. The Hall–Kier alpha value is 0.940. The Morgan fingerprint density at radius 1 is 1.08 bits per heavy atom. The molecular weight excluding hydrogens is 267 g/mol. The van der Waals surface area contributed by atoms with Gasteiger partial charge in [-0.2, -0.15) is 0 Å². The quantitative estimate of drug-likeness (QED) is 0.653. The van der Waals surface area contributed by atoms with Crippen LogP contribution in [0.4, 0.5) is 0 Å². The molecule has 0 amide bonds. The van der Waals surface area contributed by atoms with Gasteiger partial charge in [-0.05, 0) is 25.6 Å². The molecule has 0 saturated carbocycles. The van der Waals surface area contributed by atoms with Crippen molar-refractivity contribution in [2.75, 3.05) is 6.61 Å². The van der Waals surface area contributed by atoms with E-state index in [9.17, 15) is 0 Å². The van der Waals surface area contributed by atoms with Crippen molar-refractivity contribution in [2.24, 2.45) is 5.92 Å². The van der Waals surface area contributed by atoms with Crippen molar-refractivity contribution in [3.05, 3.63) is 0 Å². The van der Waals surface area contributed by atoms with E-state index in [4.69, 9.17) is 9.90 Å². The SMILES string of the molecule is CC(C)CO.C[Si](C)(C)O.O.O.[Zr]. The van der Waals surface area contributed by atoms with Gasteiger partial charge in [0.05, 0.1) is 0 Å². The van der Waals surface area contributed by atoms with E-state index in [1.54, 1.807) is 0 Å². The number of rotatable bonds is 1. The van der Waals surface area contributed by atoms with Gasteiger partial charge in [0.1, 0.15) is 0 Å². The second-order valence-corrected chi connectivity index (χ2v) is 8.09. The van der Waals surface area contributed by atoms with E-state index >= 15 is 0 Å². The summed E-state index contributed by atoms with van der Waals surface area (Å²) in [5.41, 5.74) is 0. The molecule has 0 unspecified atom stereocenters. The standard InChI is InChI=1S/C4H10O.C3H10OSi.2H2O.Zr/c1-4(2)3-5;1-5(2,3)4;;;/h4-5H,3H2,1-2H3;4H,1-3H3;2*1H2;. The first-order chi connectivity index (χ1) is 4.27. The van der Waals surface area contributed by atoms with Gasteiger partial charge in [0.2, 0.25) is 0 Å². The molecule has 13 heavy (non-hydrogen) atoms. The van der Waals surface area contributed by atoms with Crippen LogP contribution < -0.4 is 0 Å². The van der Waals surface area contributed by atoms with Gasteiger partial charge in [0, 0.05) is 32.8 Å². The fourth-order valence-electron chi connectivity index (χ4n) is 0. The van der Waals surface area contributed by atoms with Crippen LogP contribution in [0, 0.1) is 5.92 Å². The fraction of sp³-hybridized carbons (Fsp3) is 1.00. The molecule has 0 aromatic heterocycles. The predicted octanol–water partition coefficient (Wildman–Crippen LogP) is -0.204. The Labute approximate surface area is 101 Å². The van der Waals surface area contributed by atoms with Gasteiger partial charge in [0.25, 0.3) is 0 Å². The van der Waals surface area contributed by atoms with Crippen LogP contribution >= 0.6 is 0 Å². The maximum absolute atomic E-state index is 8.66. The molecule has 84 valence electrons. The van der Waals surface area contributed by atoms with Crippen molar-refractivity contribution < 1.29 is 47.1 Å². The maximum atomic E-state index is 8.66. The van der Waals surface area contributed by atoms with E-state index in [0.29, 0.717) is 12.5 Å². The Morgan fingerprint density at radius 3 is 1.15 bits per heavy atom. The minimum absolute atomic E-state index is 0. The molecule has 0 atom stereocenters. The molecule has 6 N–H and O–H groups in total. The Kier molecular flexibility index (Phi) is 34.6. The molecule has 0 aliphatic carbocycles. The van der Waals surface area contributed by atoms with Gasteiger partial charge >= 0.3 is 0 Å². The van der Waals surface area contributed by atoms with Crippen LogP contribution in [0.1, 0.15) is 13.8 Å². The minimum Gasteiger partial charge on any atom is -0.433 e. The molecule has 4 nitrogen and oxygen atoms in total. The average Bonchev–Trinajstić information content (AvgIpc) is 1.61. The number of aliphatic hydroxyl groups is 1. The summed E-state index contributed by atoms with van der Waals surface area (Å²) < 4.78 is 0. The van der Waals surface area contributed by atoms with Crippen LogP contribution in [0.5, 0.6) is 0 Å². The van der Waals surface area contributed by atoms with E-state index < -0.39 is 8.32 Å². The summed E-state index contributed by atoms with van der Waals surface area (Å²) in [5, 5.41) is 8.14. The largest absolute Gasteiger partial charge is 0.433 e. The molecule has 0 saturated heterocycles. The zero-order valence-electron chi connectivity index (χ0n) is 9.18. The Morgan fingerprint density at radius 2 is 1.15 bits per heavy atom. The zero-order chi connectivity index (χ0) is 8.78. The van der Waals surface area contributed by atoms with Crippen molar-refractivity contribution in [2.45, 2.75) is 33.5 Å². The molecule has 0 heterocycles. The summed E-state index contributed by atoms with van der Waals surface area (Å²) in [7, 11) is -1.61. The van der Waals surface area contributed by atoms with Gasteiger partial charge in [0.15, 0.2) is 8.32 Å². The molecule has 6 heteroatoms. The van der Waals surface area contributed by atoms with Gasteiger partial charge < -0.3 is 20.9 Å². The molecule has 0 rings (SSSR count). The smallest absolute Gasteiger partial charge is 0.179 e.